The van der Waals surface area contributed by atoms with Gasteiger partial charge >= 0.3 is 0 Å². The van der Waals surface area contributed by atoms with Crippen LogP contribution in [-0.4, -0.2) is 18.5 Å². The lowest BCUT2D eigenvalue weighted by Crippen LogP contribution is -2.09. The Balaban J connectivity index is 1.88. The first-order chi connectivity index (χ1) is 8.28. The second kappa shape index (κ2) is 5.85. The van der Waals surface area contributed by atoms with E-state index in [2.05, 4.69) is 43.1 Å². The molecule has 2 nitrogen and oxygen atoms in total. The molecule has 0 fully saturated rings. The van der Waals surface area contributed by atoms with Gasteiger partial charge in [0.05, 0.1) is 6.04 Å². The molecule has 92 valence electrons. The molecule has 1 aromatic rings. The van der Waals surface area contributed by atoms with Gasteiger partial charge in [0.25, 0.3) is 0 Å². The van der Waals surface area contributed by atoms with Crippen LogP contribution in [0.15, 0.2) is 35.3 Å². The molecule has 0 aromatic heterocycles. The van der Waals surface area contributed by atoms with Gasteiger partial charge in [0.2, 0.25) is 0 Å². The maximum atomic E-state index is 5.66. The van der Waals surface area contributed by atoms with Gasteiger partial charge in [0.1, 0.15) is 6.61 Å². The zero-order valence-corrected chi connectivity index (χ0v) is 10.7. The first-order valence-corrected chi connectivity index (χ1v) is 6.51. The van der Waals surface area contributed by atoms with Crippen LogP contribution in [0.5, 0.6) is 0 Å². The highest BCUT2D eigenvalue weighted by Crippen LogP contribution is 2.16. The zero-order chi connectivity index (χ0) is 12.1. The van der Waals surface area contributed by atoms with Crippen LogP contribution in [0.1, 0.15) is 32.3 Å². The Labute approximate surface area is 104 Å². The van der Waals surface area contributed by atoms with Crippen molar-refractivity contribution in [1.82, 2.24) is 0 Å². The average molecular weight is 231 g/mol. The molecule has 17 heavy (non-hydrogen) atoms. The molecule has 0 bridgehead atoms. The average Bonchev–Trinajstić information content (AvgIpc) is 2.77. The summed E-state index contributed by atoms with van der Waals surface area (Å²) in [5, 5.41) is 0. The predicted molar refractivity (Wildman–Crippen MR) is 71.4 cm³/mol. The molecule has 1 aliphatic heterocycles. The molecule has 0 amide bonds. The van der Waals surface area contributed by atoms with Crippen LogP contribution in [0.3, 0.4) is 0 Å². The molecule has 0 N–H and O–H groups in total. The predicted octanol–water partition coefficient (Wildman–Crippen LogP) is 3.46. The van der Waals surface area contributed by atoms with Gasteiger partial charge in [0, 0.05) is 6.42 Å². The van der Waals surface area contributed by atoms with Crippen LogP contribution in [0, 0.1) is 5.92 Å². The molecule has 0 unspecified atom stereocenters. The van der Waals surface area contributed by atoms with E-state index in [0.29, 0.717) is 12.0 Å². The summed E-state index contributed by atoms with van der Waals surface area (Å²) in [5.74, 6) is 1.63. The Morgan fingerprint density at radius 2 is 2.12 bits per heavy atom. The molecule has 0 spiro atoms. The molecular weight excluding hydrogens is 210 g/mol. The fourth-order valence-electron chi connectivity index (χ4n) is 2.02. The lowest BCUT2D eigenvalue weighted by Gasteiger charge is -2.06. The van der Waals surface area contributed by atoms with Crippen molar-refractivity contribution < 1.29 is 4.74 Å². The Kier molecular flexibility index (Phi) is 4.18. The van der Waals surface area contributed by atoms with Gasteiger partial charge in [-0.25, -0.2) is 4.99 Å². The van der Waals surface area contributed by atoms with Crippen molar-refractivity contribution >= 4 is 5.90 Å². The van der Waals surface area contributed by atoms with Crippen molar-refractivity contribution in [3.05, 3.63) is 35.9 Å². The number of hydrogen-bond donors (Lipinski definition) is 0. The summed E-state index contributed by atoms with van der Waals surface area (Å²) in [7, 11) is 0. The van der Waals surface area contributed by atoms with E-state index in [1.54, 1.807) is 0 Å². The molecule has 1 aromatic carbocycles. The quantitative estimate of drug-likeness (QED) is 0.760. The zero-order valence-electron chi connectivity index (χ0n) is 10.7. The maximum Gasteiger partial charge on any atom is 0.183 e. The standard InChI is InChI=1S/C15H21NO/c1-3-12(2)9-15-16-14(11-17-15)10-13-7-5-4-6-8-13/h4-8,12,14H,3,9-11H2,1-2H3/t12-,14-/m0/s1. The third-order valence-corrected chi connectivity index (χ3v) is 3.30. The molecule has 0 saturated heterocycles. The molecular formula is C15H21NO. The number of aliphatic imine (C=N–C) groups is 1. The van der Waals surface area contributed by atoms with Crippen LogP contribution in [0.4, 0.5) is 0 Å². The molecule has 0 saturated carbocycles. The van der Waals surface area contributed by atoms with Crippen molar-refractivity contribution in [1.29, 1.82) is 0 Å². The van der Waals surface area contributed by atoms with E-state index in [1.165, 1.54) is 12.0 Å². The van der Waals surface area contributed by atoms with Gasteiger partial charge in [-0.1, -0.05) is 50.6 Å². The number of benzene rings is 1. The number of ether oxygens (including phenoxy) is 1. The topological polar surface area (TPSA) is 21.6 Å². The van der Waals surface area contributed by atoms with Gasteiger partial charge in [0.15, 0.2) is 5.90 Å². The molecule has 2 rings (SSSR count). The van der Waals surface area contributed by atoms with Crippen LogP contribution in [-0.2, 0) is 11.2 Å². The van der Waals surface area contributed by atoms with E-state index in [0.717, 1.165) is 25.3 Å². The van der Waals surface area contributed by atoms with Crippen LogP contribution < -0.4 is 0 Å². The van der Waals surface area contributed by atoms with Crippen molar-refractivity contribution in [2.24, 2.45) is 10.9 Å². The van der Waals surface area contributed by atoms with Gasteiger partial charge in [-0.15, -0.1) is 0 Å². The lowest BCUT2D eigenvalue weighted by molar-refractivity contribution is 0.303. The Hall–Kier alpha value is -1.31. The number of nitrogens with zero attached hydrogens (tertiary/aromatic N) is 1. The Morgan fingerprint density at radius 3 is 2.82 bits per heavy atom. The van der Waals surface area contributed by atoms with E-state index in [4.69, 9.17) is 4.74 Å². The van der Waals surface area contributed by atoms with Crippen LogP contribution in [0.25, 0.3) is 0 Å². The second-order valence-electron chi connectivity index (χ2n) is 4.89. The summed E-state index contributed by atoms with van der Waals surface area (Å²) < 4.78 is 5.66. The summed E-state index contributed by atoms with van der Waals surface area (Å²) in [4.78, 5) is 4.67. The monoisotopic (exact) mass is 231 g/mol. The van der Waals surface area contributed by atoms with Crippen molar-refractivity contribution in [2.45, 2.75) is 39.2 Å². The second-order valence-corrected chi connectivity index (χ2v) is 4.89. The minimum Gasteiger partial charge on any atom is -0.479 e. The van der Waals surface area contributed by atoms with Crippen molar-refractivity contribution in [3.8, 4) is 0 Å². The van der Waals surface area contributed by atoms with Gasteiger partial charge < -0.3 is 4.74 Å². The third kappa shape index (κ3) is 3.58. The highest BCUT2D eigenvalue weighted by molar-refractivity contribution is 5.77. The van der Waals surface area contributed by atoms with Gasteiger partial charge in [-0.3, -0.25) is 0 Å². The SMILES string of the molecule is CC[C@H](C)CC1=N[C@@H](Cc2ccccc2)CO1. The van der Waals surface area contributed by atoms with Crippen LogP contribution in [0.2, 0.25) is 0 Å². The number of rotatable bonds is 5. The molecule has 1 heterocycles. The third-order valence-electron chi connectivity index (χ3n) is 3.30. The van der Waals surface area contributed by atoms with E-state index in [1.807, 2.05) is 6.07 Å². The van der Waals surface area contributed by atoms with Crippen molar-refractivity contribution in [2.75, 3.05) is 6.61 Å². The summed E-state index contributed by atoms with van der Waals surface area (Å²) in [6.45, 7) is 5.21. The molecule has 2 heteroatoms. The maximum absolute atomic E-state index is 5.66. The van der Waals surface area contributed by atoms with Gasteiger partial charge in [-0.2, -0.15) is 0 Å². The summed E-state index contributed by atoms with van der Waals surface area (Å²) in [6.07, 6.45) is 3.17. The smallest absolute Gasteiger partial charge is 0.183 e. The molecule has 2 atom stereocenters. The first-order valence-electron chi connectivity index (χ1n) is 6.51. The summed E-state index contributed by atoms with van der Waals surface area (Å²) in [5.41, 5.74) is 1.34. The van der Waals surface area contributed by atoms with Crippen LogP contribution >= 0.6 is 0 Å². The van der Waals surface area contributed by atoms with E-state index in [9.17, 15) is 0 Å². The van der Waals surface area contributed by atoms with E-state index < -0.39 is 0 Å². The van der Waals surface area contributed by atoms with Crippen molar-refractivity contribution in [3.63, 3.8) is 0 Å². The largest absolute Gasteiger partial charge is 0.479 e. The molecule has 0 radical (unpaired) electrons. The Morgan fingerprint density at radius 1 is 1.35 bits per heavy atom. The molecule has 1 aliphatic rings. The summed E-state index contributed by atoms with van der Waals surface area (Å²) >= 11 is 0. The lowest BCUT2D eigenvalue weighted by atomic mass is 10.1. The van der Waals surface area contributed by atoms with E-state index in [-0.39, 0.29) is 0 Å². The first kappa shape index (κ1) is 12.2. The van der Waals surface area contributed by atoms with E-state index >= 15 is 0 Å². The molecule has 0 aliphatic carbocycles. The normalized spacial score (nSPS) is 20.8. The fraction of sp³-hybridized carbons (Fsp3) is 0.533. The summed E-state index contributed by atoms with van der Waals surface area (Å²) in [6, 6.07) is 10.8. The number of hydrogen-bond acceptors (Lipinski definition) is 2. The minimum atomic E-state index is 0.316. The Bertz CT molecular complexity index is 372. The highest BCUT2D eigenvalue weighted by Gasteiger charge is 2.20. The minimum absolute atomic E-state index is 0.316. The highest BCUT2D eigenvalue weighted by atomic mass is 16.5. The van der Waals surface area contributed by atoms with Gasteiger partial charge in [-0.05, 0) is 17.9 Å². The fourth-order valence-corrected chi connectivity index (χ4v) is 2.02.